The Bertz CT molecular complexity index is 392. The number of nitrogens with zero attached hydrogens (tertiary/aromatic N) is 1. The van der Waals surface area contributed by atoms with Crippen LogP contribution in [0.15, 0.2) is 18.2 Å². The number of rotatable bonds is 3. The summed E-state index contributed by atoms with van der Waals surface area (Å²) in [6, 6.07) is 7.38. The fraction of sp³-hybridized carbons (Fsp3) is 0.625. The third-order valence-corrected chi connectivity index (χ3v) is 4.09. The van der Waals surface area contributed by atoms with Gasteiger partial charge in [-0.1, -0.05) is 23.8 Å². The van der Waals surface area contributed by atoms with Crippen LogP contribution in [-0.4, -0.2) is 32.1 Å². The maximum atomic E-state index is 3.55. The van der Waals surface area contributed by atoms with Crippen molar-refractivity contribution in [2.45, 2.75) is 32.7 Å². The Labute approximate surface area is 111 Å². The van der Waals surface area contributed by atoms with Gasteiger partial charge in [0, 0.05) is 6.04 Å². The van der Waals surface area contributed by atoms with E-state index in [-0.39, 0.29) is 0 Å². The quantitative estimate of drug-likeness (QED) is 0.882. The molecule has 0 bridgehead atoms. The van der Waals surface area contributed by atoms with Crippen LogP contribution in [0.1, 0.15) is 35.6 Å². The lowest BCUT2D eigenvalue weighted by Crippen LogP contribution is -2.38. The minimum Gasteiger partial charge on any atom is -0.316 e. The van der Waals surface area contributed by atoms with Crippen LogP contribution < -0.4 is 5.32 Å². The van der Waals surface area contributed by atoms with Gasteiger partial charge in [-0.3, -0.25) is 0 Å². The van der Waals surface area contributed by atoms with Gasteiger partial charge in [0.25, 0.3) is 0 Å². The molecule has 1 aromatic rings. The number of aryl methyl sites for hydroxylation is 2. The summed E-state index contributed by atoms with van der Waals surface area (Å²) in [7, 11) is 4.42. The van der Waals surface area contributed by atoms with Crippen molar-refractivity contribution in [3.05, 3.63) is 34.9 Å². The Kier molecular flexibility index (Phi) is 4.41. The third-order valence-electron chi connectivity index (χ3n) is 4.09. The molecule has 1 N–H and O–H groups in total. The van der Waals surface area contributed by atoms with E-state index in [2.05, 4.69) is 56.4 Å². The van der Waals surface area contributed by atoms with E-state index >= 15 is 0 Å². The summed E-state index contributed by atoms with van der Waals surface area (Å²) in [5.41, 5.74) is 4.30. The lowest BCUT2D eigenvalue weighted by Gasteiger charge is -2.36. The van der Waals surface area contributed by atoms with E-state index in [9.17, 15) is 0 Å². The molecule has 1 heterocycles. The predicted octanol–water partition coefficient (Wildman–Crippen LogP) is 2.91. The van der Waals surface area contributed by atoms with Crippen LogP contribution in [0, 0.1) is 19.8 Å². The third kappa shape index (κ3) is 2.93. The molecule has 0 aromatic heterocycles. The Morgan fingerprint density at radius 2 is 2.06 bits per heavy atom. The van der Waals surface area contributed by atoms with Crippen LogP contribution in [0.4, 0.5) is 0 Å². The Morgan fingerprint density at radius 3 is 2.67 bits per heavy atom. The molecule has 0 radical (unpaired) electrons. The van der Waals surface area contributed by atoms with E-state index in [0.29, 0.717) is 6.04 Å². The number of hydrogen-bond acceptors (Lipinski definition) is 2. The highest BCUT2D eigenvalue weighted by molar-refractivity contribution is 5.33. The van der Waals surface area contributed by atoms with E-state index in [1.807, 2.05) is 0 Å². The molecule has 0 amide bonds. The molecule has 2 nitrogen and oxygen atoms in total. The van der Waals surface area contributed by atoms with E-state index in [0.717, 1.165) is 12.5 Å². The molecule has 0 aliphatic carbocycles. The number of nitrogens with one attached hydrogen (secondary N) is 1. The number of benzene rings is 1. The average Bonchev–Trinajstić information content (AvgIpc) is 2.35. The molecule has 1 aliphatic heterocycles. The molecule has 1 fully saturated rings. The van der Waals surface area contributed by atoms with Crippen LogP contribution >= 0.6 is 0 Å². The molecule has 1 aliphatic rings. The standard InChI is InChI=1S/C16H26N2/c1-12-7-8-13(2)15(10-12)16(18(3)4)14-6-5-9-17-11-14/h7-8,10,14,16-17H,5-6,9,11H2,1-4H3. The summed E-state index contributed by atoms with van der Waals surface area (Å²) in [6.45, 7) is 6.76. The van der Waals surface area contributed by atoms with E-state index < -0.39 is 0 Å². The van der Waals surface area contributed by atoms with E-state index in [1.165, 1.54) is 36.1 Å². The Hall–Kier alpha value is -0.860. The first-order chi connectivity index (χ1) is 8.59. The first-order valence-corrected chi connectivity index (χ1v) is 7.04. The fourth-order valence-electron chi connectivity index (χ4n) is 3.18. The summed E-state index contributed by atoms with van der Waals surface area (Å²) in [5, 5.41) is 3.55. The minimum absolute atomic E-state index is 0.540. The van der Waals surface area contributed by atoms with Crippen LogP contribution in [-0.2, 0) is 0 Å². The Morgan fingerprint density at radius 1 is 1.28 bits per heavy atom. The second kappa shape index (κ2) is 5.85. The van der Waals surface area contributed by atoms with Gasteiger partial charge in [0.15, 0.2) is 0 Å². The summed E-state index contributed by atoms with van der Waals surface area (Å²) >= 11 is 0. The summed E-state index contributed by atoms with van der Waals surface area (Å²) in [4.78, 5) is 2.39. The molecular weight excluding hydrogens is 220 g/mol. The smallest absolute Gasteiger partial charge is 0.0385 e. The van der Waals surface area contributed by atoms with Gasteiger partial charge in [-0.25, -0.2) is 0 Å². The van der Waals surface area contributed by atoms with Gasteiger partial charge in [0.1, 0.15) is 0 Å². The number of hydrogen-bond donors (Lipinski definition) is 1. The van der Waals surface area contributed by atoms with Crippen molar-refractivity contribution < 1.29 is 0 Å². The van der Waals surface area contributed by atoms with Crippen molar-refractivity contribution in [1.29, 1.82) is 0 Å². The van der Waals surface area contributed by atoms with Crippen molar-refractivity contribution in [2.24, 2.45) is 5.92 Å². The monoisotopic (exact) mass is 246 g/mol. The topological polar surface area (TPSA) is 15.3 Å². The van der Waals surface area contributed by atoms with Crippen LogP contribution in [0.25, 0.3) is 0 Å². The van der Waals surface area contributed by atoms with Gasteiger partial charge in [0.2, 0.25) is 0 Å². The first-order valence-electron chi connectivity index (χ1n) is 7.04. The molecule has 2 rings (SSSR count). The molecule has 0 saturated carbocycles. The lowest BCUT2D eigenvalue weighted by atomic mass is 9.84. The van der Waals surface area contributed by atoms with Gasteiger partial charge in [-0.05, 0) is 70.9 Å². The maximum absolute atomic E-state index is 3.55. The molecule has 0 spiro atoms. The largest absolute Gasteiger partial charge is 0.316 e. The number of piperidine rings is 1. The zero-order chi connectivity index (χ0) is 13.1. The maximum Gasteiger partial charge on any atom is 0.0385 e. The minimum atomic E-state index is 0.540. The SMILES string of the molecule is Cc1ccc(C)c(C(C2CCCNC2)N(C)C)c1. The van der Waals surface area contributed by atoms with Gasteiger partial charge in [-0.2, -0.15) is 0 Å². The zero-order valence-corrected chi connectivity index (χ0v) is 12.2. The highest BCUT2D eigenvalue weighted by Crippen LogP contribution is 2.33. The second-order valence-corrected chi connectivity index (χ2v) is 5.87. The van der Waals surface area contributed by atoms with E-state index in [4.69, 9.17) is 0 Å². The van der Waals surface area contributed by atoms with Gasteiger partial charge < -0.3 is 10.2 Å². The fourth-order valence-corrected chi connectivity index (χ4v) is 3.18. The summed E-state index contributed by atoms with van der Waals surface area (Å²) < 4.78 is 0. The lowest BCUT2D eigenvalue weighted by molar-refractivity contribution is 0.180. The van der Waals surface area contributed by atoms with Gasteiger partial charge in [0.05, 0.1) is 0 Å². The van der Waals surface area contributed by atoms with Gasteiger partial charge >= 0.3 is 0 Å². The van der Waals surface area contributed by atoms with Crippen molar-refractivity contribution in [2.75, 3.05) is 27.2 Å². The van der Waals surface area contributed by atoms with Crippen LogP contribution in [0.3, 0.4) is 0 Å². The molecule has 1 aromatic carbocycles. The summed E-state index contributed by atoms with van der Waals surface area (Å²) in [6.07, 6.45) is 2.64. The molecule has 2 unspecified atom stereocenters. The first kappa shape index (κ1) is 13.6. The normalized spacial score (nSPS) is 22.2. The van der Waals surface area contributed by atoms with Crippen LogP contribution in [0.5, 0.6) is 0 Å². The van der Waals surface area contributed by atoms with Crippen LogP contribution in [0.2, 0.25) is 0 Å². The average molecular weight is 246 g/mol. The molecule has 2 heteroatoms. The van der Waals surface area contributed by atoms with Crippen molar-refractivity contribution >= 4 is 0 Å². The molecule has 18 heavy (non-hydrogen) atoms. The molecule has 1 saturated heterocycles. The molecule has 2 atom stereocenters. The highest BCUT2D eigenvalue weighted by atomic mass is 15.1. The molecular formula is C16H26N2. The zero-order valence-electron chi connectivity index (χ0n) is 12.2. The predicted molar refractivity (Wildman–Crippen MR) is 77.9 cm³/mol. The van der Waals surface area contributed by atoms with Crippen molar-refractivity contribution in [1.82, 2.24) is 10.2 Å². The van der Waals surface area contributed by atoms with Gasteiger partial charge in [-0.15, -0.1) is 0 Å². The second-order valence-electron chi connectivity index (χ2n) is 5.87. The van der Waals surface area contributed by atoms with Crippen molar-refractivity contribution in [3.8, 4) is 0 Å². The van der Waals surface area contributed by atoms with Crippen molar-refractivity contribution in [3.63, 3.8) is 0 Å². The highest BCUT2D eigenvalue weighted by Gasteiger charge is 2.27. The Balaban J connectivity index is 2.31. The van der Waals surface area contributed by atoms with E-state index in [1.54, 1.807) is 0 Å². The molecule has 100 valence electrons. The summed E-state index contributed by atoms with van der Waals surface area (Å²) in [5.74, 6) is 0.731.